The molecule has 0 spiro atoms. The summed E-state index contributed by atoms with van der Waals surface area (Å²) in [7, 11) is 0. The van der Waals surface area contributed by atoms with Gasteiger partial charge in [0.25, 0.3) is 0 Å². The maximum Gasteiger partial charge on any atom is 0.320 e. The number of carbonyl (C=O) groups is 5. The molecule has 0 aromatic heterocycles. The lowest BCUT2D eigenvalue weighted by molar-refractivity contribution is -0.164. The van der Waals surface area contributed by atoms with Crippen LogP contribution in [0.4, 0.5) is 0 Å². The first kappa shape index (κ1) is 47.5. The first-order chi connectivity index (χ1) is 22.2. The van der Waals surface area contributed by atoms with E-state index in [2.05, 4.69) is 0 Å². The Morgan fingerprint density at radius 3 is 0.920 bits per heavy atom. The number of hydrogen-bond donors (Lipinski definition) is 0. The number of hydrogen-bond acceptors (Lipinski definition) is 13. The molecule has 0 radical (unpaired) electrons. The third kappa shape index (κ3) is 23.8. The van der Waals surface area contributed by atoms with E-state index >= 15 is 0 Å². The molecule has 0 heterocycles. The number of carbonyl (C=O) groups excluding carboxylic acids is 5. The highest BCUT2D eigenvalue weighted by atomic mass is 35.5. The van der Waals surface area contributed by atoms with E-state index in [0.29, 0.717) is 0 Å². The summed E-state index contributed by atoms with van der Waals surface area (Å²) in [6.45, 7) is 27.2. The molecule has 0 aliphatic rings. The molecule has 0 aromatic carbocycles. The highest BCUT2D eigenvalue weighted by Crippen LogP contribution is 2.22. The van der Waals surface area contributed by atoms with Crippen LogP contribution in [-0.2, 0) is 47.7 Å². The highest BCUT2D eigenvalue weighted by molar-refractivity contribution is 6.18. The van der Waals surface area contributed by atoms with Gasteiger partial charge < -0.3 is 23.7 Å². The lowest BCUT2D eigenvalue weighted by Crippen LogP contribution is -2.60. The van der Waals surface area contributed by atoms with Gasteiger partial charge in [0, 0.05) is 31.1 Å². The van der Waals surface area contributed by atoms with E-state index in [1.807, 2.05) is 0 Å². The maximum atomic E-state index is 13.2. The Hall–Kier alpha value is -2.48. The Balaban J connectivity index is 6.63. The topological polar surface area (TPSA) is 141 Å². The minimum Gasteiger partial charge on any atom is -0.459 e. The van der Waals surface area contributed by atoms with Gasteiger partial charge in [0.15, 0.2) is 0 Å². The van der Waals surface area contributed by atoms with Gasteiger partial charge in [0.05, 0.1) is 32.7 Å². The molecule has 14 heteroatoms. The van der Waals surface area contributed by atoms with Crippen molar-refractivity contribution in [1.29, 1.82) is 0 Å². The molecule has 50 heavy (non-hydrogen) atoms. The molecule has 13 nitrogen and oxygen atoms in total. The molecule has 0 rings (SSSR count). The Labute approximate surface area is 305 Å². The van der Waals surface area contributed by atoms with Crippen molar-refractivity contribution in [3.63, 3.8) is 0 Å². The number of rotatable bonds is 17. The standard InChI is InChI=1S/C36H66ClN3O10/c1-31(2,3)46-26(41)19-38(20-27(42)47-32(4,5)6)17-18-39(21-28(43)48-33(7,8)9)25-36(16,24-37)40(22-29(44)49-34(10,11)12)23-30(45)50-35(13,14)15/h17-25H2,1-16H3. The zero-order valence-electron chi connectivity index (χ0n) is 33.7. The minimum atomic E-state index is -1.08. The minimum absolute atomic E-state index is 0.0526. The normalized spacial score (nSPS) is 14.3. The molecule has 0 aliphatic carbocycles. The lowest BCUT2D eigenvalue weighted by atomic mass is 10.0. The average Bonchev–Trinajstić information content (AvgIpc) is 2.80. The molecular weight excluding hydrogens is 670 g/mol. The fourth-order valence-electron chi connectivity index (χ4n) is 4.59. The van der Waals surface area contributed by atoms with Crippen molar-refractivity contribution < 1.29 is 47.7 Å². The SMILES string of the molecule is CC(C)(C)OC(=O)CN(CCN(CC(=O)OC(C)(C)C)CC(C)(CCl)N(CC(=O)OC(C)(C)C)CC(=O)OC(C)(C)C)CC(=O)OC(C)(C)C. The molecule has 1 unspecified atom stereocenters. The molecule has 0 amide bonds. The Morgan fingerprint density at radius 2 is 0.660 bits per heavy atom. The molecule has 0 fully saturated rings. The van der Waals surface area contributed by atoms with Crippen molar-refractivity contribution in [3.05, 3.63) is 0 Å². The fraction of sp³-hybridized carbons (Fsp3) is 0.861. The molecule has 0 saturated carbocycles. The van der Waals surface area contributed by atoms with Gasteiger partial charge in [-0.2, -0.15) is 0 Å². The van der Waals surface area contributed by atoms with Crippen molar-refractivity contribution in [2.45, 2.75) is 144 Å². The van der Waals surface area contributed by atoms with Gasteiger partial charge in [0.2, 0.25) is 0 Å². The average molecular weight is 736 g/mol. The van der Waals surface area contributed by atoms with E-state index in [4.69, 9.17) is 35.3 Å². The van der Waals surface area contributed by atoms with Gasteiger partial charge in [-0.3, -0.25) is 38.7 Å². The molecule has 0 saturated heterocycles. The number of halogens is 1. The first-order valence-corrected chi connectivity index (χ1v) is 17.6. The Bertz CT molecular complexity index is 1080. The summed E-state index contributed by atoms with van der Waals surface area (Å²) >= 11 is 6.63. The van der Waals surface area contributed by atoms with Crippen molar-refractivity contribution in [2.75, 3.05) is 58.2 Å². The maximum absolute atomic E-state index is 13.2. The van der Waals surface area contributed by atoms with Gasteiger partial charge in [0.1, 0.15) is 28.0 Å². The van der Waals surface area contributed by atoms with Crippen LogP contribution in [-0.4, -0.2) is 136 Å². The molecule has 0 N–H and O–H groups in total. The summed E-state index contributed by atoms with van der Waals surface area (Å²) in [5.41, 5.74) is -4.90. The number of ether oxygens (including phenoxy) is 5. The monoisotopic (exact) mass is 735 g/mol. The van der Waals surface area contributed by atoms with Crippen molar-refractivity contribution in [2.24, 2.45) is 0 Å². The lowest BCUT2D eigenvalue weighted by Gasteiger charge is -2.43. The molecule has 0 aromatic rings. The van der Waals surface area contributed by atoms with Crippen LogP contribution in [0, 0.1) is 0 Å². The third-order valence-electron chi connectivity index (χ3n) is 6.15. The summed E-state index contributed by atoms with van der Waals surface area (Å²) in [5, 5.41) is 0. The summed E-state index contributed by atoms with van der Waals surface area (Å²) < 4.78 is 27.8. The fourth-order valence-corrected chi connectivity index (χ4v) is 4.84. The number of esters is 5. The quantitative estimate of drug-likeness (QED) is 0.117. The number of alkyl halides is 1. The molecule has 1 atom stereocenters. The van der Waals surface area contributed by atoms with E-state index < -0.39 is 63.4 Å². The van der Waals surface area contributed by atoms with Gasteiger partial charge in [-0.05, 0) is 111 Å². The zero-order valence-corrected chi connectivity index (χ0v) is 34.4. The van der Waals surface area contributed by atoms with Crippen LogP contribution in [0.5, 0.6) is 0 Å². The van der Waals surface area contributed by atoms with E-state index in [1.165, 1.54) is 0 Å². The zero-order chi connectivity index (χ0) is 39.5. The van der Waals surface area contributed by atoms with Crippen molar-refractivity contribution in [1.82, 2.24) is 14.7 Å². The first-order valence-electron chi connectivity index (χ1n) is 17.1. The second-order valence-electron chi connectivity index (χ2n) is 17.8. The molecule has 292 valence electrons. The highest BCUT2D eigenvalue weighted by Gasteiger charge is 2.38. The third-order valence-corrected chi connectivity index (χ3v) is 6.72. The van der Waals surface area contributed by atoms with Crippen LogP contribution in [0.1, 0.15) is 111 Å². The summed E-state index contributed by atoms with van der Waals surface area (Å²) in [5.74, 6) is -2.79. The van der Waals surface area contributed by atoms with Gasteiger partial charge >= 0.3 is 29.8 Å². The van der Waals surface area contributed by atoms with Crippen molar-refractivity contribution >= 4 is 41.4 Å². The van der Waals surface area contributed by atoms with E-state index in [0.717, 1.165) is 0 Å². The summed E-state index contributed by atoms with van der Waals surface area (Å²) in [6, 6.07) is 0. The molecule has 0 bridgehead atoms. The smallest absolute Gasteiger partial charge is 0.320 e. The largest absolute Gasteiger partial charge is 0.459 e. The van der Waals surface area contributed by atoms with E-state index in [1.54, 1.807) is 125 Å². The van der Waals surface area contributed by atoms with Crippen LogP contribution >= 0.6 is 11.6 Å². The molecular formula is C36H66ClN3O10. The van der Waals surface area contributed by atoms with Crippen LogP contribution in [0.2, 0.25) is 0 Å². The summed E-state index contributed by atoms with van der Waals surface area (Å²) in [6.07, 6.45) is 0. The van der Waals surface area contributed by atoms with E-state index in [9.17, 15) is 24.0 Å². The van der Waals surface area contributed by atoms with Crippen LogP contribution in [0.15, 0.2) is 0 Å². The van der Waals surface area contributed by atoms with Crippen molar-refractivity contribution in [3.8, 4) is 0 Å². The second-order valence-corrected chi connectivity index (χ2v) is 18.1. The van der Waals surface area contributed by atoms with Crippen LogP contribution in [0.3, 0.4) is 0 Å². The van der Waals surface area contributed by atoms with Crippen LogP contribution in [0.25, 0.3) is 0 Å². The van der Waals surface area contributed by atoms with Gasteiger partial charge in [-0.15, -0.1) is 11.6 Å². The summed E-state index contributed by atoms with van der Waals surface area (Å²) in [4.78, 5) is 70.0. The predicted molar refractivity (Wildman–Crippen MR) is 193 cm³/mol. The van der Waals surface area contributed by atoms with Gasteiger partial charge in [-0.1, -0.05) is 0 Å². The van der Waals surface area contributed by atoms with E-state index in [-0.39, 0.29) is 58.2 Å². The predicted octanol–water partition coefficient (Wildman–Crippen LogP) is 4.60. The van der Waals surface area contributed by atoms with Crippen LogP contribution < -0.4 is 0 Å². The number of nitrogens with zero attached hydrogens (tertiary/aromatic N) is 3. The molecule has 0 aliphatic heterocycles. The Morgan fingerprint density at radius 1 is 0.420 bits per heavy atom. The second kappa shape index (κ2) is 18.8. The van der Waals surface area contributed by atoms with Gasteiger partial charge in [-0.25, -0.2) is 0 Å². The Kier molecular flexibility index (Phi) is 17.9.